The molecule has 2 atom stereocenters. The number of hydrogen-bond acceptors (Lipinski definition) is 4. The van der Waals surface area contributed by atoms with Crippen molar-refractivity contribution in [1.82, 2.24) is 0 Å². The molecule has 2 aliphatic carbocycles. The maximum absolute atomic E-state index is 10.2. The predicted molar refractivity (Wildman–Crippen MR) is 76.9 cm³/mol. The number of nitrogens with zero attached hydrogens (tertiary/aromatic N) is 2. The van der Waals surface area contributed by atoms with Crippen LogP contribution >= 0.6 is 0 Å². The molecule has 20 heavy (non-hydrogen) atoms. The summed E-state index contributed by atoms with van der Waals surface area (Å²) >= 11 is 0. The highest BCUT2D eigenvalue weighted by Crippen LogP contribution is 2.32. The standard InChI is InChI=1S/C16H22N2O2/c19-11-17-15-7-3-13(4-8-15)1-2-14-5-9-16(10-6-14)18-12-20/h3,7,13-16H,1-2,4-6,8-10H2. The van der Waals surface area contributed by atoms with Crippen molar-refractivity contribution in [3.8, 4) is 0 Å². The van der Waals surface area contributed by atoms with E-state index in [4.69, 9.17) is 0 Å². The Bertz CT molecular complexity index is 426. The van der Waals surface area contributed by atoms with Crippen molar-refractivity contribution in [2.75, 3.05) is 0 Å². The van der Waals surface area contributed by atoms with Crippen molar-refractivity contribution in [2.45, 2.75) is 63.5 Å². The largest absolute Gasteiger partial charge is 0.235 e. The quantitative estimate of drug-likeness (QED) is 0.438. The third-order valence-corrected chi connectivity index (χ3v) is 4.65. The van der Waals surface area contributed by atoms with Gasteiger partial charge in [0.2, 0.25) is 12.2 Å². The Balaban J connectivity index is 1.68. The SMILES string of the molecule is O=C=NC1C=CC(CCC2CCC(N=C=O)CC2)CC1. The van der Waals surface area contributed by atoms with Gasteiger partial charge in [-0.1, -0.05) is 12.2 Å². The first-order valence-corrected chi connectivity index (χ1v) is 7.64. The summed E-state index contributed by atoms with van der Waals surface area (Å²) in [5, 5.41) is 0. The molecule has 0 aromatic rings. The number of aliphatic imine (C=N–C) groups is 2. The van der Waals surface area contributed by atoms with Crippen LogP contribution in [0.4, 0.5) is 0 Å². The van der Waals surface area contributed by atoms with Crippen LogP contribution in [0.5, 0.6) is 0 Å². The molecule has 2 rings (SSSR count). The number of rotatable bonds is 5. The lowest BCUT2D eigenvalue weighted by atomic mass is 9.80. The van der Waals surface area contributed by atoms with Gasteiger partial charge in [-0.05, 0) is 63.2 Å². The van der Waals surface area contributed by atoms with Crippen LogP contribution in [0.1, 0.15) is 51.4 Å². The molecule has 0 amide bonds. The molecule has 0 aliphatic heterocycles. The molecule has 4 heteroatoms. The molecule has 0 bridgehead atoms. The van der Waals surface area contributed by atoms with E-state index in [2.05, 4.69) is 22.1 Å². The van der Waals surface area contributed by atoms with E-state index in [1.165, 1.54) is 25.7 Å². The van der Waals surface area contributed by atoms with E-state index in [-0.39, 0.29) is 12.1 Å². The van der Waals surface area contributed by atoms with Crippen LogP contribution in [-0.4, -0.2) is 24.2 Å². The van der Waals surface area contributed by atoms with Crippen LogP contribution in [0.2, 0.25) is 0 Å². The van der Waals surface area contributed by atoms with E-state index in [1.807, 2.05) is 0 Å². The highest BCUT2D eigenvalue weighted by molar-refractivity contribution is 5.34. The fraction of sp³-hybridized carbons (Fsp3) is 0.750. The molecule has 0 aromatic heterocycles. The molecule has 1 saturated carbocycles. The minimum atomic E-state index is 0.0559. The zero-order chi connectivity index (χ0) is 14.2. The summed E-state index contributed by atoms with van der Waals surface area (Å²) in [4.78, 5) is 28.0. The Morgan fingerprint density at radius 3 is 2.20 bits per heavy atom. The second-order valence-electron chi connectivity index (χ2n) is 5.98. The van der Waals surface area contributed by atoms with Gasteiger partial charge in [0.15, 0.2) is 0 Å². The van der Waals surface area contributed by atoms with E-state index in [9.17, 15) is 9.59 Å². The van der Waals surface area contributed by atoms with Crippen molar-refractivity contribution in [2.24, 2.45) is 21.8 Å². The minimum absolute atomic E-state index is 0.0559. The first-order valence-electron chi connectivity index (χ1n) is 7.64. The Morgan fingerprint density at radius 1 is 0.850 bits per heavy atom. The van der Waals surface area contributed by atoms with Crippen LogP contribution in [0, 0.1) is 11.8 Å². The molecule has 0 spiro atoms. The fourth-order valence-corrected chi connectivity index (χ4v) is 3.37. The van der Waals surface area contributed by atoms with E-state index in [1.54, 1.807) is 12.2 Å². The first kappa shape index (κ1) is 14.9. The van der Waals surface area contributed by atoms with Crippen molar-refractivity contribution in [3.63, 3.8) is 0 Å². The topological polar surface area (TPSA) is 58.9 Å². The number of isocyanates is 2. The second-order valence-corrected chi connectivity index (χ2v) is 5.98. The van der Waals surface area contributed by atoms with E-state index in [0.29, 0.717) is 5.92 Å². The maximum Gasteiger partial charge on any atom is 0.235 e. The Labute approximate surface area is 120 Å². The van der Waals surface area contributed by atoms with E-state index >= 15 is 0 Å². The van der Waals surface area contributed by atoms with Crippen molar-refractivity contribution in [1.29, 1.82) is 0 Å². The molecule has 1 fully saturated rings. The molecule has 0 radical (unpaired) electrons. The lowest BCUT2D eigenvalue weighted by Gasteiger charge is -2.27. The smallest absolute Gasteiger partial charge is 0.211 e. The highest BCUT2D eigenvalue weighted by Gasteiger charge is 2.22. The van der Waals surface area contributed by atoms with Gasteiger partial charge in [-0.3, -0.25) is 0 Å². The van der Waals surface area contributed by atoms with E-state index < -0.39 is 0 Å². The van der Waals surface area contributed by atoms with Gasteiger partial charge in [0.25, 0.3) is 0 Å². The molecule has 2 aliphatic rings. The monoisotopic (exact) mass is 274 g/mol. The second kappa shape index (κ2) is 7.94. The lowest BCUT2D eigenvalue weighted by molar-refractivity contribution is 0.291. The zero-order valence-corrected chi connectivity index (χ0v) is 11.8. The Hall–Kier alpha value is -1.50. The van der Waals surface area contributed by atoms with E-state index in [0.717, 1.165) is 31.6 Å². The van der Waals surface area contributed by atoms with Crippen molar-refractivity contribution < 1.29 is 9.59 Å². The van der Waals surface area contributed by atoms with Crippen molar-refractivity contribution in [3.05, 3.63) is 12.2 Å². The molecule has 4 nitrogen and oxygen atoms in total. The van der Waals surface area contributed by atoms with Crippen molar-refractivity contribution >= 4 is 12.2 Å². The number of hydrogen-bond donors (Lipinski definition) is 0. The fourth-order valence-electron chi connectivity index (χ4n) is 3.37. The lowest BCUT2D eigenvalue weighted by Crippen LogP contribution is -2.18. The summed E-state index contributed by atoms with van der Waals surface area (Å²) in [5.74, 6) is 1.42. The van der Waals surface area contributed by atoms with Crippen LogP contribution in [-0.2, 0) is 9.59 Å². The van der Waals surface area contributed by atoms with Crippen LogP contribution in [0.3, 0.4) is 0 Å². The first-order chi connectivity index (χ1) is 9.81. The zero-order valence-electron chi connectivity index (χ0n) is 11.8. The Morgan fingerprint density at radius 2 is 1.60 bits per heavy atom. The van der Waals surface area contributed by atoms with Gasteiger partial charge in [-0.25, -0.2) is 14.6 Å². The summed E-state index contributed by atoms with van der Waals surface area (Å²) in [5.41, 5.74) is 0. The summed E-state index contributed by atoms with van der Waals surface area (Å²) in [6, 6.07) is 0.278. The summed E-state index contributed by atoms with van der Waals surface area (Å²) in [7, 11) is 0. The molecule has 0 aromatic carbocycles. The molecule has 0 N–H and O–H groups in total. The third kappa shape index (κ3) is 4.56. The van der Waals surface area contributed by atoms with Gasteiger partial charge in [0.1, 0.15) is 0 Å². The molecular formula is C16H22N2O2. The molecule has 0 heterocycles. The van der Waals surface area contributed by atoms with Gasteiger partial charge in [0.05, 0.1) is 12.1 Å². The van der Waals surface area contributed by atoms with Gasteiger partial charge >= 0.3 is 0 Å². The number of carbonyl (C=O) groups excluding carboxylic acids is 2. The summed E-state index contributed by atoms with van der Waals surface area (Å²) in [6.45, 7) is 0. The molecule has 2 unspecified atom stereocenters. The van der Waals surface area contributed by atoms with Gasteiger partial charge in [0, 0.05) is 0 Å². The number of allylic oxidation sites excluding steroid dienone is 1. The van der Waals surface area contributed by atoms with Crippen LogP contribution < -0.4 is 0 Å². The summed E-state index contributed by atoms with van der Waals surface area (Å²) in [6.07, 6.45) is 16.6. The normalized spacial score (nSPS) is 33.0. The van der Waals surface area contributed by atoms with Crippen LogP contribution in [0.15, 0.2) is 22.1 Å². The summed E-state index contributed by atoms with van der Waals surface area (Å²) < 4.78 is 0. The molecule has 0 saturated heterocycles. The Kier molecular flexibility index (Phi) is 5.91. The minimum Gasteiger partial charge on any atom is -0.211 e. The van der Waals surface area contributed by atoms with Gasteiger partial charge in [-0.2, -0.15) is 4.99 Å². The molecule has 108 valence electrons. The average Bonchev–Trinajstić information content (AvgIpc) is 2.49. The average molecular weight is 274 g/mol. The van der Waals surface area contributed by atoms with Gasteiger partial charge < -0.3 is 0 Å². The molecular weight excluding hydrogens is 252 g/mol. The predicted octanol–water partition coefficient (Wildman–Crippen LogP) is 3.33. The van der Waals surface area contributed by atoms with Crippen LogP contribution in [0.25, 0.3) is 0 Å². The third-order valence-electron chi connectivity index (χ3n) is 4.65. The van der Waals surface area contributed by atoms with Gasteiger partial charge in [-0.15, -0.1) is 0 Å². The highest BCUT2D eigenvalue weighted by atomic mass is 16.1. The maximum atomic E-state index is 10.2.